The summed E-state index contributed by atoms with van der Waals surface area (Å²) in [4.78, 5) is 17.3. The number of hydrogen-bond acceptors (Lipinski definition) is 4. The predicted molar refractivity (Wildman–Crippen MR) is 119 cm³/mol. The van der Waals surface area contributed by atoms with Crippen LogP contribution in [0.15, 0.2) is 87.9 Å². The highest BCUT2D eigenvalue weighted by atomic mass is 79.9. The number of halogens is 1. The topological polar surface area (TPSA) is 64.4 Å². The number of nitrogens with one attached hydrogen (secondary N) is 1. The number of carbonyl (C=O) groups is 1. The number of hydrogen-bond donors (Lipinski definition) is 1. The summed E-state index contributed by atoms with van der Waals surface area (Å²) in [7, 11) is 1.61. The Morgan fingerprint density at radius 2 is 1.77 bits per heavy atom. The molecule has 0 fully saturated rings. The molecule has 0 saturated carbocycles. The molecule has 0 atom stereocenters. The molecular formula is C24H19BrN2O3. The molecule has 1 N–H and O–H groups in total. The summed E-state index contributed by atoms with van der Waals surface area (Å²) in [6.07, 6.45) is 1.67. The van der Waals surface area contributed by atoms with Gasteiger partial charge in [0.15, 0.2) is 5.76 Å². The summed E-state index contributed by atoms with van der Waals surface area (Å²) in [6.45, 7) is 0.354. The van der Waals surface area contributed by atoms with Crippen molar-refractivity contribution in [3.63, 3.8) is 0 Å². The summed E-state index contributed by atoms with van der Waals surface area (Å²) in [6, 6.07) is 22.6. The van der Waals surface area contributed by atoms with Crippen molar-refractivity contribution >= 4 is 21.8 Å². The molecule has 0 aliphatic heterocycles. The summed E-state index contributed by atoms with van der Waals surface area (Å²) < 4.78 is 12.3. The summed E-state index contributed by atoms with van der Waals surface area (Å²) in [5.41, 5.74) is 2.95. The zero-order chi connectivity index (χ0) is 20.9. The Morgan fingerprint density at radius 1 is 1.03 bits per heavy atom. The van der Waals surface area contributed by atoms with Crippen LogP contribution in [-0.4, -0.2) is 18.0 Å². The van der Waals surface area contributed by atoms with Gasteiger partial charge in [0, 0.05) is 27.7 Å². The van der Waals surface area contributed by atoms with Crippen LogP contribution < -0.4 is 10.1 Å². The standard InChI is InChI=1S/C24H19BrN2O3/c1-29-21-9-5-2-6-17(21)14-26-23(28)19-7-3-4-8-20(19)24-27-15-22(30-24)16-10-12-18(25)13-11-16/h2-13,15H,14H2,1H3,(H,26,28). The van der Waals surface area contributed by atoms with Gasteiger partial charge >= 0.3 is 0 Å². The van der Waals surface area contributed by atoms with Crippen LogP contribution in [0.3, 0.4) is 0 Å². The number of methoxy groups -OCH3 is 1. The molecule has 3 aromatic carbocycles. The number of nitrogens with zero attached hydrogens (tertiary/aromatic N) is 1. The van der Waals surface area contributed by atoms with Gasteiger partial charge in [-0.1, -0.05) is 58.4 Å². The van der Waals surface area contributed by atoms with Crippen LogP contribution in [0.2, 0.25) is 0 Å². The van der Waals surface area contributed by atoms with Gasteiger partial charge < -0.3 is 14.5 Å². The van der Waals surface area contributed by atoms with Crippen molar-refractivity contribution in [3.05, 3.63) is 94.6 Å². The van der Waals surface area contributed by atoms with Crippen molar-refractivity contribution in [3.8, 4) is 28.5 Å². The monoisotopic (exact) mass is 462 g/mol. The van der Waals surface area contributed by atoms with E-state index in [0.29, 0.717) is 29.3 Å². The molecule has 30 heavy (non-hydrogen) atoms. The van der Waals surface area contributed by atoms with Crippen molar-refractivity contribution < 1.29 is 13.9 Å². The second kappa shape index (κ2) is 8.97. The molecule has 0 aliphatic rings. The van der Waals surface area contributed by atoms with Gasteiger partial charge in [-0.25, -0.2) is 4.98 Å². The van der Waals surface area contributed by atoms with Gasteiger partial charge in [0.05, 0.1) is 18.9 Å². The van der Waals surface area contributed by atoms with Crippen LogP contribution in [-0.2, 0) is 6.54 Å². The number of carbonyl (C=O) groups excluding carboxylic acids is 1. The number of para-hydroxylation sites is 1. The highest BCUT2D eigenvalue weighted by Crippen LogP contribution is 2.29. The Kier molecular flexibility index (Phi) is 5.95. The predicted octanol–water partition coefficient (Wildman–Crippen LogP) is 5.71. The van der Waals surface area contributed by atoms with Crippen molar-refractivity contribution in [2.24, 2.45) is 0 Å². The second-order valence-corrected chi connectivity index (χ2v) is 7.49. The smallest absolute Gasteiger partial charge is 0.252 e. The van der Waals surface area contributed by atoms with Crippen molar-refractivity contribution in [2.75, 3.05) is 7.11 Å². The third-order valence-electron chi connectivity index (χ3n) is 4.67. The van der Waals surface area contributed by atoms with E-state index in [1.165, 1.54) is 0 Å². The molecule has 1 heterocycles. The fourth-order valence-corrected chi connectivity index (χ4v) is 3.40. The minimum atomic E-state index is -0.208. The highest BCUT2D eigenvalue weighted by molar-refractivity contribution is 9.10. The summed E-state index contributed by atoms with van der Waals surface area (Å²) >= 11 is 3.43. The van der Waals surface area contributed by atoms with E-state index >= 15 is 0 Å². The maximum absolute atomic E-state index is 12.9. The van der Waals surface area contributed by atoms with E-state index in [1.807, 2.05) is 66.7 Å². The van der Waals surface area contributed by atoms with E-state index in [4.69, 9.17) is 9.15 Å². The Hall–Kier alpha value is -3.38. The van der Waals surface area contributed by atoms with E-state index in [0.717, 1.165) is 21.3 Å². The van der Waals surface area contributed by atoms with E-state index < -0.39 is 0 Å². The second-order valence-electron chi connectivity index (χ2n) is 6.58. The van der Waals surface area contributed by atoms with E-state index in [1.54, 1.807) is 19.4 Å². The van der Waals surface area contributed by atoms with E-state index in [9.17, 15) is 4.79 Å². The number of aromatic nitrogens is 1. The maximum atomic E-state index is 12.9. The lowest BCUT2D eigenvalue weighted by molar-refractivity contribution is 0.0951. The third-order valence-corrected chi connectivity index (χ3v) is 5.20. The van der Waals surface area contributed by atoms with Crippen molar-refractivity contribution in [1.29, 1.82) is 0 Å². The number of oxazole rings is 1. The first-order valence-electron chi connectivity index (χ1n) is 9.37. The number of ether oxygens (including phenoxy) is 1. The minimum Gasteiger partial charge on any atom is -0.496 e. The van der Waals surface area contributed by atoms with Crippen LogP contribution in [0, 0.1) is 0 Å². The lowest BCUT2D eigenvalue weighted by atomic mass is 10.1. The van der Waals surface area contributed by atoms with Gasteiger partial charge in [0.2, 0.25) is 5.89 Å². The van der Waals surface area contributed by atoms with Crippen LogP contribution in [0.4, 0.5) is 0 Å². The molecule has 6 heteroatoms. The largest absolute Gasteiger partial charge is 0.496 e. The molecule has 4 aromatic rings. The first-order chi connectivity index (χ1) is 14.7. The average Bonchev–Trinajstić information content (AvgIpc) is 3.28. The third kappa shape index (κ3) is 4.28. The minimum absolute atomic E-state index is 0.208. The molecule has 4 rings (SSSR count). The van der Waals surface area contributed by atoms with Gasteiger partial charge in [-0.15, -0.1) is 0 Å². The quantitative estimate of drug-likeness (QED) is 0.398. The zero-order valence-corrected chi connectivity index (χ0v) is 17.8. The molecule has 0 bridgehead atoms. The van der Waals surface area contributed by atoms with Crippen molar-refractivity contribution in [2.45, 2.75) is 6.54 Å². The number of amides is 1. The number of rotatable bonds is 6. The first-order valence-corrected chi connectivity index (χ1v) is 10.2. The Bertz CT molecular complexity index is 1170. The molecule has 1 amide bonds. The van der Waals surface area contributed by atoms with Crippen LogP contribution in [0.25, 0.3) is 22.8 Å². The first kappa shape index (κ1) is 19.9. The van der Waals surface area contributed by atoms with Crippen LogP contribution >= 0.6 is 15.9 Å². The van der Waals surface area contributed by atoms with Crippen LogP contribution in [0.5, 0.6) is 5.75 Å². The average molecular weight is 463 g/mol. The Balaban J connectivity index is 1.57. The molecule has 0 saturated heterocycles. The van der Waals surface area contributed by atoms with Gasteiger partial charge in [-0.2, -0.15) is 0 Å². The lowest BCUT2D eigenvalue weighted by Crippen LogP contribution is -2.23. The molecule has 0 aliphatic carbocycles. The zero-order valence-electron chi connectivity index (χ0n) is 16.3. The van der Waals surface area contributed by atoms with Gasteiger partial charge in [0.1, 0.15) is 5.75 Å². The highest BCUT2D eigenvalue weighted by Gasteiger charge is 2.17. The SMILES string of the molecule is COc1ccccc1CNC(=O)c1ccccc1-c1ncc(-c2ccc(Br)cc2)o1. The lowest BCUT2D eigenvalue weighted by Gasteiger charge is -2.11. The number of benzene rings is 3. The molecule has 5 nitrogen and oxygen atoms in total. The molecule has 1 aromatic heterocycles. The molecule has 150 valence electrons. The molecular weight excluding hydrogens is 444 g/mol. The Morgan fingerprint density at radius 3 is 2.57 bits per heavy atom. The Labute approximate surface area is 182 Å². The summed E-state index contributed by atoms with van der Waals surface area (Å²) in [5.74, 6) is 1.57. The van der Waals surface area contributed by atoms with E-state index in [2.05, 4.69) is 26.2 Å². The fourth-order valence-electron chi connectivity index (χ4n) is 3.13. The van der Waals surface area contributed by atoms with Crippen molar-refractivity contribution in [1.82, 2.24) is 10.3 Å². The van der Waals surface area contributed by atoms with Gasteiger partial charge in [0.25, 0.3) is 5.91 Å². The van der Waals surface area contributed by atoms with E-state index in [-0.39, 0.29) is 5.91 Å². The van der Waals surface area contributed by atoms with Crippen LogP contribution in [0.1, 0.15) is 15.9 Å². The summed E-state index contributed by atoms with van der Waals surface area (Å²) in [5, 5.41) is 2.95. The molecule has 0 spiro atoms. The van der Waals surface area contributed by atoms with Gasteiger partial charge in [-0.3, -0.25) is 4.79 Å². The van der Waals surface area contributed by atoms with Gasteiger partial charge in [-0.05, 0) is 30.3 Å². The molecule has 0 unspecified atom stereocenters. The molecule has 0 radical (unpaired) electrons. The normalized spacial score (nSPS) is 10.6. The fraction of sp³-hybridized carbons (Fsp3) is 0.0833. The maximum Gasteiger partial charge on any atom is 0.252 e.